The molecule has 0 saturated carbocycles. The van der Waals surface area contributed by atoms with E-state index in [0.29, 0.717) is 31.9 Å². The lowest BCUT2D eigenvalue weighted by atomic mass is 10.00. The van der Waals surface area contributed by atoms with Crippen LogP contribution in [0.3, 0.4) is 0 Å². The van der Waals surface area contributed by atoms with Gasteiger partial charge < -0.3 is 24.0 Å². The summed E-state index contributed by atoms with van der Waals surface area (Å²) in [6.45, 7) is 6.28. The predicted molar refractivity (Wildman–Crippen MR) is 136 cm³/mol. The molecular weight excluding hydrogens is 464 g/mol. The number of hydrogen-bond acceptors (Lipinski definition) is 6. The highest BCUT2D eigenvalue weighted by atomic mass is 32.1. The Hall–Kier alpha value is -2.58. The fourth-order valence-corrected chi connectivity index (χ4v) is 5.69. The van der Waals surface area contributed by atoms with Crippen LogP contribution in [-0.2, 0) is 20.7 Å². The molecule has 2 aromatic rings. The molecular formula is C27H36N2O5S. The number of carbonyl (C=O) groups excluding carboxylic acids is 2. The van der Waals surface area contributed by atoms with E-state index < -0.39 is 0 Å². The van der Waals surface area contributed by atoms with Gasteiger partial charge in [-0.15, -0.1) is 11.3 Å². The minimum absolute atomic E-state index is 0.0101. The summed E-state index contributed by atoms with van der Waals surface area (Å²) in [5.74, 6) is 1.63. The third kappa shape index (κ3) is 6.55. The van der Waals surface area contributed by atoms with Gasteiger partial charge in [0.15, 0.2) is 0 Å². The zero-order chi connectivity index (χ0) is 24.8. The van der Waals surface area contributed by atoms with Crippen molar-refractivity contribution >= 4 is 23.2 Å². The summed E-state index contributed by atoms with van der Waals surface area (Å²) in [5.41, 5.74) is 1.14. The fourth-order valence-electron chi connectivity index (χ4n) is 4.76. The molecule has 0 aliphatic carbocycles. The van der Waals surface area contributed by atoms with Gasteiger partial charge in [0.25, 0.3) is 0 Å². The highest BCUT2D eigenvalue weighted by molar-refractivity contribution is 7.10. The number of amides is 2. The molecule has 1 aromatic heterocycles. The molecule has 0 radical (unpaired) electrons. The van der Waals surface area contributed by atoms with Crippen molar-refractivity contribution in [1.29, 1.82) is 0 Å². The van der Waals surface area contributed by atoms with E-state index in [1.807, 2.05) is 43.0 Å². The first kappa shape index (κ1) is 25.5. The van der Waals surface area contributed by atoms with Crippen LogP contribution in [0.25, 0.3) is 0 Å². The number of hydrogen-bond donors (Lipinski definition) is 0. The quantitative estimate of drug-likeness (QED) is 0.486. The Morgan fingerprint density at radius 2 is 2.09 bits per heavy atom. The Labute approximate surface area is 212 Å². The maximum atomic E-state index is 13.6. The van der Waals surface area contributed by atoms with Gasteiger partial charge in [-0.25, -0.2) is 0 Å². The van der Waals surface area contributed by atoms with E-state index in [-0.39, 0.29) is 36.4 Å². The number of benzene rings is 1. The molecule has 0 spiro atoms. The molecule has 190 valence electrons. The lowest BCUT2D eigenvalue weighted by molar-refractivity contribution is -0.144. The van der Waals surface area contributed by atoms with Crippen LogP contribution >= 0.6 is 11.3 Å². The van der Waals surface area contributed by atoms with Gasteiger partial charge in [0.1, 0.15) is 18.1 Å². The van der Waals surface area contributed by atoms with Crippen molar-refractivity contribution in [2.45, 2.75) is 51.7 Å². The van der Waals surface area contributed by atoms with Gasteiger partial charge in [-0.05, 0) is 54.3 Å². The Morgan fingerprint density at radius 3 is 2.83 bits per heavy atom. The third-order valence-corrected chi connectivity index (χ3v) is 7.57. The van der Waals surface area contributed by atoms with Gasteiger partial charge >= 0.3 is 0 Å². The highest BCUT2D eigenvalue weighted by Crippen LogP contribution is 2.34. The van der Waals surface area contributed by atoms with Gasteiger partial charge in [-0.2, -0.15) is 0 Å². The van der Waals surface area contributed by atoms with Gasteiger partial charge in [0.05, 0.1) is 25.8 Å². The van der Waals surface area contributed by atoms with Crippen molar-refractivity contribution in [1.82, 2.24) is 9.80 Å². The molecule has 2 aliphatic heterocycles. The summed E-state index contributed by atoms with van der Waals surface area (Å²) in [6, 6.07) is 9.38. The van der Waals surface area contributed by atoms with E-state index in [2.05, 4.69) is 11.4 Å². The molecule has 1 fully saturated rings. The van der Waals surface area contributed by atoms with Crippen LogP contribution in [0.5, 0.6) is 11.5 Å². The standard InChI is InChI=1S/C27H36N2O5S/c1-19(2)14-26(30)28(16-22-8-5-12-33-22)17-27(31)29-11-9-25-23(10-13-35-25)24(29)18-34-21-7-4-6-20(15-21)32-3/h4,6-7,10,13,15,19,22,24H,5,8-9,11-12,14,16-18H2,1-3H3/t22-,24+/m1/s1. The first-order chi connectivity index (χ1) is 16.9. The van der Waals surface area contributed by atoms with Crippen molar-refractivity contribution in [2.75, 3.05) is 40.0 Å². The van der Waals surface area contributed by atoms with Crippen molar-refractivity contribution in [2.24, 2.45) is 5.92 Å². The lowest BCUT2D eigenvalue weighted by Crippen LogP contribution is -2.49. The van der Waals surface area contributed by atoms with Crippen LogP contribution in [0.1, 0.15) is 49.6 Å². The Kier molecular flexibility index (Phi) is 8.68. The van der Waals surface area contributed by atoms with Crippen LogP contribution < -0.4 is 9.47 Å². The molecule has 3 heterocycles. The van der Waals surface area contributed by atoms with E-state index >= 15 is 0 Å². The van der Waals surface area contributed by atoms with Crippen LogP contribution in [0.2, 0.25) is 0 Å². The largest absolute Gasteiger partial charge is 0.497 e. The summed E-state index contributed by atoms with van der Waals surface area (Å²) < 4.78 is 17.2. The van der Waals surface area contributed by atoms with Crippen LogP contribution in [-0.4, -0.2) is 67.7 Å². The average Bonchev–Trinajstić information content (AvgIpc) is 3.53. The van der Waals surface area contributed by atoms with Gasteiger partial charge in [0, 0.05) is 37.1 Å². The molecule has 35 heavy (non-hydrogen) atoms. The highest BCUT2D eigenvalue weighted by Gasteiger charge is 2.34. The van der Waals surface area contributed by atoms with Gasteiger partial charge in [-0.1, -0.05) is 19.9 Å². The van der Waals surface area contributed by atoms with E-state index in [1.54, 1.807) is 23.3 Å². The molecule has 2 atom stereocenters. The average molecular weight is 501 g/mol. The minimum Gasteiger partial charge on any atom is -0.497 e. The molecule has 8 heteroatoms. The summed E-state index contributed by atoms with van der Waals surface area (Å²) in [6.07, 6.45) is 3.19. The van der Waals surface area contributed by atoms with Crippen molar-refractivity contribution in [3.05, 3.63) is 46.2 Å². The Morgan fingerprint density at radius 1 is 1.26 bits per heavy atom. The molecule has 0 unspecified atom stereocenters. The smallest absolute Gasteiger partial charge is 0.242 e. The van der Waals surface area contributed by atoms with Gasteiger partial charge in [-0.3, -0.25) is 9.59 Å². The van der Waals surface area contributed by atoms with E-state index in [4.69, 9.17) is 14.2 Å². The third-order valence-electron chi connectivity index (χ3n) is 6.57. The van der Waals surface area contributed by atoms with E-state index in [1.165, 1.54) is 4.88 Å². The zero-order valence-corrected chi connectivity index (χ0v) is 21.7. The second kappa shape index (κ2) is 11.9. The van der Waals surface area contributed by atoms with E-state index in [0.717, 1.165) is 37.2 Å². The molecule has 2 aliphatic rings. The number of carbonyl (C=O) groups is 2. The summed E-state index contributed by atoms with van der Waals surface area (Å²) >= 11 is 1.72. The number of ether oxygens (including phenoxy) is 3. The fraction of sp³-hybridized carbons (Fsp3) is 0.556. The summed E-state index contributed by atoms with van der Waals surface area (Å²) in [5, 5.41) is 2.08. The SMILES string of the molecule is COc1cccc(OC[C@H]2c3ccsc3CCN2C(=O)CN(C[C@H]2CCCO2)C(=O)CC(C)C)c1. The second-order valence-corrected chi connectivity index (χ2v) is 10.6. The van der Waals surface area contributed by atoms with Crippen molar-refractivity contribution in [3.8, 4) is 11.5 Å². The van der Waals surface area contributed by atoms with Crippen LogP contribution in [0.15, 0.2) is 35.7 Å². The number of rotatable bonds is 10. The molecule has 4 rings (SSSR count). The first-order valence-electron chi connectivity index (χ1n) is 12.5. The molecule has 1 aromatic carbocycles. The first-order valence-corrected chi connectivity index (χ1v) is 13.3. The molecule has 0 bridgehead atoms. The lowest BCUT2D eigenvalue weighted by Gasteiger charge is -2.37. The van der Waals surface area contributed by atoms with Crippen molar-refractivity contribution < 1.29 is 23.8 Å². The zero-order valence-electron chi connectivity index (χ0n) is 20.9. The molecule has 2 amide bonds. The maximum absolute atomic E-state index is 13.6. The number of methoxy groups -OCH3 is 1. The summed E-state index contributed by atoms with van der Waals surface area (Å²) in [4.78, 5) is 31.6. The number of thiophene rings is 1. The molecule has 7 nitrogen and oxygen atoms in total. The second-order valence-electron chi connectivity index (χ2n) is 9.65. The topological polar surface area (TPSA) is 68.3 Å². The van der Waals surface area contributed by atoms with Crippen LogP contribution in [0, 0.1) is 5.92 Å². The van der Waals surface area contributed by atoms with E-state index in [9.17, 15) is 9.59 Å². The minimum atomic E-state index is -0.200. The number of nitrogens with zero attached hydrogens (tertiary/aromatic N) is 2. The number of fused-ring (bicyclic) bond motifs is 1. The normalized spacial score (nSPS) is 19.5. The molecule has 1 saturated heterocycles. The molecule has 0 N–H and O–H groups in total. The van der Waals surface area contributed by atoms with Gasteiger partial charge in [0.2, 0.25) is 11.8 Å². The van der Waals surface area contributed by atoms with Crippen LogP contribution in [0.4, 0.5) is 0 Å². The predicted octanol–water partition coefficient (Wildman–Crippen LogP) is 4.32. The summed E-state index contributed by atoms with van der Waals surface area (Å²) in [7, 11) is 1.63. The monoisotopic (exact) mass is 500 g/mol. The Balaban J connectivity index is 1.49. The Bertz CT molecular complexity index is 1000. The van der Waals surface area contributed by atoms with Crippen molar-refractivity contribution in [3.63, 3.8) is 0 Å². The maximum Gasteiger partial charge on any atom is 0.242 e.